The van der Waals surface area contributed by atoms with Crippen molar-refractivity contribution in [1.29, 1.82) is 0 Å². The number of aromatic nitrogens is 3. The van der Waals surface area contributed by atoms with Crippen molar-refractivity contribution in [1.82, 2.24) is 14.6 Å². The van der Waals surface area contributed by atoms with E-state index in [1.807, 2.05) is 36.4 Å². The summed E-state index contributed by atoms with van der Waals surface area (Å²) in [5, 5.41) is 4.57. The minimum absolute atomic E-state index is 0.249. The molecule has 0 bridgehead atoms. The molecule has 5 nitrogen and oxygen atoms in total. The number of hydrogen-bond acceptors (Lipinski definition) is 4. The zero-order chi connectivity index (χ0) is 18.8. The van der Waals surface area contributed by atoms with Gasteiger partial charge in [0.05, 0.1) is 24.5 Å². The van der Waals surface area contributed by atoms with Crippen LogP contribution in [0.25, 0.3) is 16.8 Å². The average Bonchev–Trinajstić information content (AvgIpc) is 3.05. The van der Waals surface area contributed by atoms with E-state index in [1.54, 1.807) is 18.2 Å². The van der Waals surface area contributed by atoms with Gasteiger partial charge in [-0.05, 0) is 24.3 Å². The molecule has 4 rings (SSSR count). The quantitative estimate of drug-likeness (QED) is 0.517. The molecule has 0 amide bonds. The first-order chi connectivity index (χ1) is 13.2. The predicted octanol–water partition coefficient (Wildman–Crippen LogP) is 3.91. The molecule has 134 valence electrons. The molecule has 27 heavy (non-hydrogen) atoms. The number of ether oxygens (including phenoxy) is 1. The van der Waals surface area contributed by atoms with E-state index in [0.29, 0.717) is 12.1 Å². The Labute approximate surface area is 155 Å². The number of hydrogen-bond donors (Lipinski definition) is 0. The highest BCUT2D eigenvalue weighted by molar-refractivity contribution is 5.87. The lowest BCUT2D eigenvalue weighted by Gasteiger charge is -2.05. The lowest BCUT2D eigenvalue weighted by molar-refractivity contribution is 0.0593. The van der Waals surface area contributed by atoms with Gasteiger partial charge in [-0.1, -0.05) is 36.4 Å². The van der Waals surface area contributed by atoms with Crippen molar-refractivity contribution in [2.24, 2.45) is 0 Å². The standard InChI is InChI=1S/C21H16FN3O2/c1-27-21(26)18-9-5-8-16(23-18)12-17-19-11-10-15(22)13-25(19)24-20(17)14-6-3-2-4-7-14/h2-11,13H,12H2,1H3. The van der Waals surface area contributed by atoms with Crippen molar-refractivity contribution in [3.05, 3.63) is 89.6 Å². The molecule has 3 aromatic heterocycles. The molecule has 0 aliphatic heterocycles. The van der Waals surface area contributed by atoms with Gasteiger partial charge in [-0.15, -0.1) is 0 Å². The van der Waals surface area contributed by atoms with Crippen LogP contribution in [0, 0.1) is 5.82 Å². The Hall–Kier alpha value is -3.54. The van der Waals surface area contributed by atoms with Gasteiger partial charge < -0.3 is 4.74 Å². The molecule has 0 saturated heterocycles. The van der Waals surface area contributed by atoms with E-state index in [9.17, 15) is 9.18 Å². The van der Waals surface area contributed by atoms with Crippen LogP contribution in [0.3, 0.4) is 0 Å². The summed E-state index contributed by atoms with van der Waals surface area (Å²) in [6.07, 6.45) is 1.80. The highest BCUT2D eigenvalue weighted by Gasteiger charge is 2.17. The second-order valence-electron chi connectivity index (χ2n) is 6.05. The Bertz CT molecular complexity index is 1120. The van der Waals surface area contributed by atoms with Gasteiger partial charge in [0, 0.05) is 23.2 Å². The molecule has 1 aromatic carbocycles. The summed E-state index contributed by atoms with van der Waals surface area (Å²) in [7, 11) is 1.32. The van der Waals surface area contributed by atoms with Crippen molar-refractivity contribution in [3.8, 4) is 11.3 Å². The number of carbonyl (C=O) groups is 1. The zero-order valence-electron chi connectivity index (χ0n) is 14.6. The number of halogens is 1. The molecule has 0 fully saturated rings. The predicted molar refractivity (Wildman–Crippen MR) is 99.0 cm³/mol. The van der Waals surface area contributed by atoms with Crippen molar-refractivity contribution >= 4 is 11.5 Å². The first kappa shape index (κ1) is 16.9. The van der Waals surface area contributed by atoms with Crippen LogP contribution in [0.2, 0.25) is 0 Å². The van der Waals surface area contributed by atoms with Crippen LogP contribution in [0.5, 0.6) is 0 Å². The SMILES string of the molecule is COC(=O)c1cccc(Cc2c(-c3ccccc3)nn3cc(F)ccc23)n1. The second-order valence-corrected chi connectivity index (χ2v) is 6.05. The van der Waals surface area contributed by atoms with Crippen LogP contribution in [-0.4, -0.2) is 27.7 Å². The lowest BCUT2D eigenvalue weighted by Crippen LogP contribution is -2.06. The third kappa shape index (κ3) is 3.29. The Balaban J connectivity index is 1.84. The molecule has 0 saturated carbocycles. The van der Waals surface area contributed by atoms with Gasteiger partial charge in [-0.25, -0.2) is 18.7 Å². The van der Waals surface area contributed by atoms with E-state index in [2.05, 4.69) is 10.1 Å². The van der Waals surface area contributed by atoms with E-state index in [4.69, 9.17) is 4.74 Å². The Morgan fingerprint density at radius 1 is 1.07 bits per heavy atom. The Morgan fingerprint density at radius 3 is 2.67 bits per heavy atom. The lowest BCUT2D eigenvalue weighted by atomic mass is 10.0. The number of esters is 1. The van der Waals surface area contributed by atoms with E-state index >= 15 is 0 Å². The van der Waals surface area contributed by atoms with E-state index < -0.39 is 5.97 Å². The highest BCUT2D eigenvalue weighted by atomic mass is 19.1. The fourth-order valence-electron chi connectivity index (χ4n) is 3.05. The maximum atomic E-state index is 13.7. The third-order valence-electron chi connectivity index (χ3n) is 4.30. The van der Waals surface area contributed by atoms with E-state index in [0.717, 1.165) is 22.3 Å². The molecule has 4 aromatic rings. The monoisotopic (exact) mass is 361 g/mol. The van der Waals surface area contributed by atoms with Crippen molar-refractivity contribution in [3.63, 3.8) is 0 Å². The minimum atomic E-state index is -0.484. The number of carbonyl (C=O) groups excluding carboxylic acids is 1. The first-order valence-corrected chi connectivity index (χ1v) is 8.42. The van der Waals surface area contributed by atoms with Crippen LogP contribution in [0.4, 0.5) is 4.39 Å². The molecule has 0 aliphatic rings. The van der Waals surface area contributed by atoms with Gasteiger partial charge in [0.1, 0.15) is 11.5 Å². The van der Waals surface area contributed by atoms with Gasteiger partial charge in [0.2, 0.25) is 0 Å². The summed E-state index contributed by atoms with van der Waals surface area (Å²) in [6.45, 7) is 0. The second kappa shape index (κ2) is 6.99. The number of fused-ring (bicyclic) bond motifs is 1. The summed E-state index contributed by atoms with van der Waals surface area (Å²) >= 11 is 0. The van der Waals surface area contributed by atoms with Gasteiger partial charge in [-0.3, -0.25) is 0 Å². The molecule has 0 spiro atoms. The topological polar surface area (TPSA) is 56.5 Å². The van der Waals surface area contributed by atoms with E-state index in [-0.39, 0.29) is 11.5 Å². The molecule has 0 unspecified atom stereocenters. The maximum absolute atomic E-state index is 13.7. The molecule has 3 heterocycles. The smallest absolute Gasteiger partial charge is 0.356 e. The molecule has 6 heteroatoms. The summed E-state index contributed by atoms with van der Waals surface area (Å²) in [5.41, 5.74) is 4.34. The van der Waals surface area contributed by atoms with Gasteiger partial charge in [0.25, 0.3) is 0 Å². The third-order valence-corrected chi connectivity index (χ3v) is 4.30. The van der Waals surface area contributed by atoms with Crippen LogP contribution >= 0.6 is 0 Å². The van der Waals surface area contributed by atoms with Crippen LogP contribution in [0.15, 0.2) is 66.9 Å². The average molecular weight is 361 g/mol. The summed E-state index contributed by atoms with van der Waals surface area (Å²) in [5.74, 6) is -0.843. The molecule has 0 radical (unpaired) electrons. The number of benzene rings is 1. The van der Waals surface area contributed by atoms with Crippen LogP contribution < -0.4 is 0 Å². The summed E-state index contributed by atoms with van der Waals surface area (Å²) in [6, 6.07) is 18.0. The number of pyridine rings is 2. The number of nitrogens with zero attached hydrogens (tertiary/aromatic N) is 3. The largest absolute Gasteiger partial charge is 0.464 e. The minimum Gasteiger partial charge on any atom is -0.464 e. The first-order valence-electron chi connectivity index (χ1n) is 8.42. The van der Waals surface area contributed by atoms with Crippen LogP contribution in [0.1, 0.15) is 21.7 Å². The van der Waals surface area contributed by atoms with Crippen molar-refractivity contribution in [2.45, 2.75) is 6.42 Å². The normalized spacial score (nSPS) is 10.9. The fourth-order valence-corrected chi connectivity index (χ4v) is 3.05. The van der Waals surface area contributed by atoms with E-state index in [1.165, 1.54) is 23.9 Å². The number of methoxy groups -OCH3 is 1. The summed E-state index contributed by atoms with van der Waals surface area (Å²) in [4.78, 5) is 16.2. The highest BCUT2D eigenvalue weighted by Crippen LogP contribution is 2.28. The van der Waals surface area contributed by atoms with Gasteiger partial charge in [-0.2, -0.15) is 5.10 Å². The molecular weight excluding hydrogens is 345 g/mol. The molecular formula is C21H16FN3O2. The Kier molecular flexibility index (Phi) is 4.38. The van der Waals surface area contributed by atoms with Crippen molar-refractivity contribution in [2.75, 3.05) is 7.11 Å². The summed E-state index contributed by atoms with van der Waals surface area (Å²) < 4.78 is 19.9. The fraction of sp³-hybridized carbons (Fsp3) is 0.0952. The van der Waals surface area contributed by atoms with Gasteiger partial charge in [0.15, 0.2) is 0 Å². The van der Waals surface area contributed by atoms with Crippen molar-refractivity contribution < 1.29 is 13.9 Å². The zero-order valence-corrected chi connectivity index (χ0v) is 14.6. The van der Waals surface area contributed by atoms with Gasteiger partial charge >= 0.3 is 5.97 Å². The molecule has 0 atom stereocenters. The Morgan fingerprint density at radius 2 is 1.89 bits per heavy atom. The van der Waals surface area contributed by atoms with Crippen LogP contribution in [-0.2, 0) is 11.2 Å². The number of rotatable bonds is 4. The molecule has 0 aliphatic carbocycles. The maximum Gasteiger partial charge on any atom is 0.356 e. The molecule has 0 N–H and O–H groups in total.